The Balaban J connectivity index is 1.57. The van der Waals surface area contributed by atoms with Crippen LogP contribution in [-0.4, -0.2) is 34.8 Å². The topological polar surface area (TPSA) is 85.0 Å². The molecule has 22 heavy (non-hydrogen) atoms. The number of nitrogens with zero attached hydrogens (tertiary/aromatic N) is 2. The highest BCUT2D eigenvalue weighted by molar-refractivity contribution is 5.94. The van der Waals surface area contributed by atoms with E-state index in [0.29, 0.717) is 18.3 Å². The molecule has 1 aliphatic heterocycles. The Morgan fingerprint density at radius 3 is 2.95 bits per heavy atom. The predicted molar refractivity (Wildman–Crippen MR) is 85.5 cm³/mol. The van der Waals surface area contributed by atoms with Crippen LogP contribution in [-0.2, 0) is 11.2 Å². The van der Waals surface area contributed by atoms with Crippen LogP contribution in [0.5, 0.6) is 0 Å². The average Bonchev–Trinajstić information content (AvgIpc) is 3.19. The van der Waals surface area contributed by atoms with E-state index in [0.717, 1.165) is 25.1 Å². The van der Waals surface area contributed by atoms with Crippen molar-refractivity contribution in [2.45, 2.75) is 24.9 Å². The van der Waals surface area contributed by atoms with Crippen molar-refractivity contribution in [1.82, 2.24) is 15.1 Å². The van der Waals surface area contributed by atoms with Crippen molar-refractivity contribution in [2.75, 3.05) is 18.4 Å². The summed E-state index contributed by atoms with van der Waals surface area (Å²) in [7, 11) is 0. The monoisotopic (exact) mass is 299 g/mol. The van der Waals surface area contributed by atoms with Crippen LogP contribution in [0.25, 0.3) is 0 Å². The van der Waals surface area contributed by atoms with Crippen molar-refractivity contribution in [1.29, 1.82) is 0 Å². The molecule has 6 nitrogen and oxygen atoms in total. The van der Waals surface area contributed by atoms with E-state index in [1.807, 2.05) is 47.3 Å². The molecule has 1 aromatic carbocycles. The van der Waals surface area contributed by atoms with E-state index < -0.39 is 6.04 Å². The molecule has 0 aliphatic carbocycles. The predicted octanol–water partition coefficient (Wildman–Crippen LogP) is 0.926. The molecule has 1 aromatic heterocycles. The molecule has 6 heteroatoms. The van der Waals surface area contributed by atoms with Gasteiger partial charge in [0.1, 0.15) is 0 Å². The number of nitrogens with two attached hydrogens (primary N) is 1. The Kier molecular flexibility index (Phi) is 4.50. The first kappa shape index (κ1) is 14.7. The fraction of sp³-hybridized carbons (Fsp3) is 0.375. The van der Waals surface area contributed by atoms with E-state index in [2.05, 4.69) is 15.7 Å². The van der Waals surface area contributed by atoms with Gasteiger partial charge in [-0.05, 0) is 24.9 Å². The van der Waals surface area contributed by atoms with Gasteiger partial charge in [-0.2, -0.15) is 5.10 Å². The molecular formula is C16H21N5O. The van der Waals surface area contributed by atoms with Gasteiger partial charge >= 0.3 is 0 Å². The van der Waals surface area contributed by atoms with Crippen LogP contribution in [0.1, 0.15) is 18.0 Å². The number of amides is 1. The van der Waals surface area contributed by atoms with Gasteiger partial charge in [-0.25, -0.2) is 0 Å². The Morgan fingerprint density at radius 2 is 2.23 bits per heavy atom. The highest BCUT2D eigenvalue weighted by atomic mass is 16.2. The normalized spacial score (nSPS) is 19.0. The molecule has 2 aromatic rings. The summed E-state index contributed by atoms with van der Waals surface area (Å²) in [6.07, 6.45) is 3.47. The summed E-state index contributed by atoms with van der Waals surface area (Å²) in [5, 5.41) is 10.5. The number of hydrogen-bond acceptors (Lipinski definition) is 4. The van der Waals surface area contributed by atoms with E-state index in [-0.39, 0.29) is 5.91 Å². The van der Waals surface area contributed by atoms with Crippen LogP contribution in [0.4, 0.5) is 5.82 Å². The largest absolute Gasteiger partial charge is 0.320 e. The first-order valence-electron chi connectivity index (χ1n) is 7.58. The quantitative estimate of drug-likeness (QED) is 0.766. The standard InChI is InChI=1S/C16H21N5O/c17-14(10-12-4-2-1-3-5-12)16(22)19-15-7-9-21(20-15)13-6-8-18-11-13/h1-5,7,9,13-14,18H,6,8,10-11,17H2,(H,19,20,22)/t13-,14+/m1/s1. The van der Waals surface area contributed by atoms with Crippen molar-refractivity contribution in [2.24, 2.45) is 5.73 Å². The summed E-state index contributed by atoms with van der Waals surface area (Å²) in [4.78, 5) is 12.1. The zero-order chi connectivity index (χ0) is 15.4. The van der Waals surface area contributed by atoms with Crippen LogP contribution in [0.15, 0.2) is 42.6 Å². The SMILES string of the molecule is N[C@@H](Cc1ccccc1)C(=O)Nc1ccn([C@@H]2CCNC2)n1. The fourth-order valence-electron chi connectivity index (χ4n) is 2.65. The second-order valence-electron chi connectivity index (χ2n) is 5.61. The van der Waals surface area contributed by atoms with Crippen LogP contribution in [0, 0.1) is 0 Å². The lowest BCUT2D eigenvalue weighted by atomic mass is 10.1. The van der Waals surface area contributed by atoms with E-state index in [1.165, 1.54) is 0 Å². The van der Waals surface area contributed by atoms with E-state index in [4.69, 9.17) is 5.73 Å². The summed E-state index contributed by atoms with van der Waals surface area (Å²) in [5.41, 5.74) is 7.02. The summed E-state index contributed by atoms with van der Waals surface area (Å²) in [5.74, 6) is 0.346. The summed E-state index contributed by atoms with van der Waals surface area (Å²) in [6, 6.07) is 11.4. The van der Waals surface area contributed by atoms with Gasteiger partial charge in [-0.15, -0.1) is 0 Å². The minimum absolute atomic E-state index is 0.210. The number of benzene rings is 1. The average molecular weight is 299 g/mol. The smallest absolute Gasteiger partial charge is 0.242 e. The zero-order valence-electron chi connectivity index (χ0n) is 12.4. The van der Waals surface area contributed by atoms with Crippen molar-refractivity contribution in [3.05, 3.63) is 48.2 Å². The number of carbonyl (C=O) groups excluding carboxylic acids is 1. The maximum absolute atomic E-state index is 12.1. The first-order valence-corrected chi connectivity index (χ1v) is 7.58. The number of hydrogen-bond donors (Lipinski definition) is 3. The number of carbonyl (C=O) groups is 1. The molecule has 0 bridgehead atoms. The highest BCUT2D eigenvalue weighted by Crippen LogP contribution is 2.16. The third-order valence-corrected chi connectivity index (χ3v) is 3.90. The molecule has 0 radical (unpaired) electrons. The molecule has 2 heterocycles. The van der Waals surface area contributed by atoms with Crippen molar-refractivity contribution in [3.63, 3.8) is 0 Å². The Bertz CT molecular complexity index is 618. The fourth-order valence-corrected chi connectivity index (χ4v) is 2.65. The number of anilines is 1. The summed E-state index contributed by atoms with van der Waals surface area (Å²) < 4.78 is 1.90. The molecule has 2 atom stereocenters. The lowest BCUT2D eigenvalue weighted by Gasteiger charge is -2.11. The Hall–Kier alpha value is -2.18. The van der Waals surface area contributed by atoms with Crippen molar-refractivity contribution in [3.8, 4) is 0 Å². The second kappa shape index (κ2) is 6.72. The van der Waals surface area contributed by atoms with Gasteiger partial charge < -0.3 is 16.4 Å². The Morgan fingerprint density at radius 1 is 1.41 bits per heavy atom. The Labute approximate surface area is 129 Å². The molecule has 116 valence electrons. The van der Waals surface area contributed by atoms with Gasteiger partial charge in [0.05, 0.1) is 12.1 Å². The molecule has 1 fully saturated rings. The van der Waals surface area contributed by atoms with Gasteiger partial charge in [0.2, 0.25) is 5.91 Å². The molecular weight excluding hydrogens is 278 g/mol. The van der Waals surface area contributed by atoms with Crippen LogP contribution in [0.3, 0.4) is 0 Å². The third kappa shape index (κ3) is 3.52. The van der Waals surface area contributed by atoms with Crippen molar-refractivity contribution >= 4 is 11.7 Å². The number of rotatable bonds is 5. The van der Waals surface area contributed by atoms with Crippen LogP contribution >= 0.6 is 0 Å². The zero-order valence-corrected chi connectivity index (χ0v) is 12.4. The van der Waals surface area contributed by atoms with Gasteiger partial charge in [0.25, 0.3) is 0 Å². The molecule has 3 rings (SSSR count). The third-order valence-electron chi connectivity index (χ3n) is 3.90. The second-order valence-corrected chi connectivity index (χ2v) is 5.61. The minimum atomic E-state index is -0.583. The first-order chi connectivity index (χ1) is 10.7. The molecule has 4 N–H and O–H groups in total. The van der Waals surface area contributed by atoms with Gasteiger partial charge in [-0.3, -0.25) is 9.48 Å². The summed E-state index contributed by atoms with van der Waals surface area (Å²) >= 11 is 0. The molecule has 0 saturated carbocycles. The molecule has 1 amide bonds. The van der Waals surface area contributed by atoms with E-state index in [1.54, 1.807) is 0 Å². The molecule has 0 spiro atoms. The number of aromatic nitrogens is 2. The summed E-state index contributed by atoms with van der Waals surface area (Å²) in [6.45, 7) is 1.93. The van der Waals surface area contributed by atoms with Gasteiger partial charge in [0.15, 0.2) is 5.82 Å². The van der Waals surface area contributed by atoms with E-state index in [9.17, 15) is 4.79 Å². The van der Waals surface area contributed by atoms with E-state index >= 15 is 0 Å². The van der Waals surface area contributed by atoms with Gasteiger partial charge in [0, 0.05) is 18.8 Å². The van der Waals surface area contributed by atoms with Crippen molar-refractivity contribution < 1.29 is 4.79 Å². The lowest BCUT2D eigenvalue weighted by Crippen LogP contribution is -2.37. The molecule has 0 unspecified atom stereocenters. The van der Waals surface area contributed by atoms with Crippen LogP contribution in [0.2, 0.25) is 0 Å². The molecule has 1 aliphatic rings. The maximum atomic E-state index is 12.1. The highest BCUT2D eigenvalue weighted by Gasteiger charge is 2.19. The van der Waals surface area contributed by atoms with Gasteiger partial charge in [-0.1, -0.05) is 30.3 Å². The minimum Gasteiger partial charge on any atom is -0.320 e. The maximum Gasteiger partial charge on any atom is 0.242 e. The lowest BCUT2D eigenvalue weighted by molar-refractivity contribution is -0.117. The van der Waals surface area contributed by atoms with Crippen LogP contribution < -0.4 is 16.4 Å². The molecule has 1 saturated heterocycles. The number of nitrogens with one attached hydrogen (secondary N) is 2.